The summed E-state index contributed by atoms with van der Waals surface area (Å²) in [5.74, 6) is 0. The summed E-state index contributed by atoms with van der Waals surface area (Å²) in [6.07, 6.45) is 4.31. The standard InChI is InChI=1S/C14H14BrNO/c15-14-12(6-3-4-10-16-17)9-8-11-5-1-2-7-13(11)14/h1-2,5,7-10,17H,3-4,6H2/b16-10+. The van der Waals surface area contributed by atoms with Gasteiger partial charge in [-0.3, -0.25) is 0 Å². The monoisotopic (exact) mass is 291 g/mol. The molecule has 0 aliphatic heterocycles. The normalized spacial score (nSPS) is 11.4. The first-order valence-corrected chi connectivity index (χ1v) is 6.44. The highest BCUT2D eigenvalue weighted by molar-refractivity contribution is 9.10. The summed E-state index contributed by atoms with van der Waals surface area (Å²) < 4.78 is 1.18. The fourth-order valence-electron chi connectivity index (χ4n) is 1.91. The van der Waals surface area contributed by atoms with Crippen LogP contribution in [0.2, 0.25) is 0 Å². The molecule has 1 N–H and O–H groups in total. The topological polar surface area (TPSA) is 32.6 Å². The Morgan fingerprint density at radius 1 is 1.18 bits per heavy atom. The van der Waals surface area contributed by atoms with Crippen LogP contribution in [0.25, 0.3) is 10.8 Å². The smallest absolute Gasteiger partial charge is 0.0436 e. The quantitative estimate of drug-likeness (QED) is 0.385. The van der Waals surface area contributed by atoms with Gasteiger partial charge in [-0.25, -0.2) is 0 Å². The second-order valence-electron chi connectivity index (χ2n) is 3.95. The third-order valence-electron chi connectivity index (χ3n) is 2.80. The maximum atomic E-state index is 8.32. The Balaban J connectivity index is 2.20. The zero-order valence-electron chi connectivity index (χ0n) is 9.44. The maximum Gasteiger partial charge on any atom is 0.0436 e. The molecule has 0 aliphatic rings. The second-order valence-corrected chi connectivity index (χ2v) is 4.74. The molecule has 3 heteroatoms. The van der Waals surface area contributed by atoms with E-state index in [0.717, 1.165) is 19.3 Å². The minimum atomic E-state index is 0.801. The first-order chi connectivity index (χ1) is 8.33. The van der Waals surface area contributed by atoms with Gasteiger partial charge in [-0.05, 0) is 51.5 Å². The molecule has 2 rings (SSSR count). The molecule has 0 fully saturated rings. The molecule has 2 nitrogen and oxygen atoms in total. The van der Waals surface area contributed by atoms with Crippen molar-refractivity contribution in [3.63, 3.8) is 0 Å². The number of nitrogens with zero attached hydrogens (tertiary/aromatic N) is 1. The van der Waals surface area contributed by atoms with Gasteiger partial charge in [-0.2, -0.15) is 0 Å². The molecule has 0 amide bonds. The van der Waals surface area contributed by atoms with E-state index in [2.05, 4.69) is 51.4 Å². The highest BCUT2D eigenvalue weighted by Gasteiger charge is 2.03. The van der Waals surface area contributed by atoms with Crippen molar-refractivity contribution in [3.8, 4) is 0 Å². The summed E-state index contributed by atoms with van der Waals surface area (Å²) in [5.41, 5.74) is 1.30. The van der Waals surface area contributed by atoms with Crippen LogP contribution >= 0.6 is 15.9 Å². The van der Waals surface area contributed by atoms with Crippen molar-refractivity contribution in [1.82, 2.24) is 0 Å². The van der Waals surface area contributed by atoms with Gasteiger partial charge in [0.15, 0.2) is 0 Å². The highest BCUT2D eigenvalue weighted by Crippen LogP contribution is 2.28. The summed E-state index contributed by atoms with van der Waals surface area (Å²) in [5, 5.41) is 13.8. The maximum absolute atomic E-state index is 8.32. The predicted molar refractivity (Wildman–Crippen MR) is 74.9 cm³/mol. The Labute approximate surface area is 109 Å². The van der Waals surface area contributed by atoms with Gasteiger partial charge in [0.1, 0.15) is 0 Å². The molecule has 0 atom stereocenters. The lowest BCUT2D eigenvalue weighted by Gasteiger charge is -2.07. The molecule has 88 valence electrons. The lowest BCUT2D eigenvalue weighted by molar-refractivity contribution is 0.320. The number of oxime groups is 1. The van der Waals surface area contributed by atoms with Crippen molar-refractivity contribution in [3.05, 3.63) is 46.4 Å². The van der Waals surface area contributed by atoms with E-state index in [-0.39, 0.29) is 0 Å². The van der Waals surface area contributed by atoms with Crippen LogP contribution in [0.4, 0.5) is 0 Å². The summed E-state index contributed by atoms with van der Waals surface area (Å²) in [6, 6.07) is 12.6. The van der Waals surface area contributed by atoms with E-state index in [4.69, 9.17) is 5.21 Å². The number of hydrogen-bond donors (Lipinski definition) is 1. The predicted octanol–water partition coefficient (Wildman–Crippen LogP) is 4.39. The van der Waals surface area contributed by atoms with E-state index in [0.29, 0.717) is 0 Å². The van der Waals surface area contributed by atoms with Crippen molar-refractivity contribution >= 4 is 32.9 Å². The molecule has 2 aromatic rings. The average molecular weight is 292 g/mol. The van der Waals surface area contributed by atoms with Gasteiger partial charge in [0, 0.05) is 10.7 Å². The Hall–Kier alpha value is -1.35. The Bertz CT molecular complexity index is 537. The zero-order chi connectivity index (χ0) is 12.1. The van der Waals surface area contributed by atoms with Gasteiger partial charge in [0.2, 0.25) is 0 Å². The molecule has 0 bridgehead atoms. The Morgan fingerprint density at radius 2 is 2.00 bits per heavy atom. The van der Waals surface area contributed by atoms with Crippen LogP contribution in [0, 0.1) is 0 Å². The van der Waals surface area contributed by atoms with Crippen molar-refractivity contribution in [2.24, 2.45) is 5.16 Å². The first kappa shape index (κ1) is 12.1. The number of halogens is 1. The fraction of sp³-hybridized carbons (Fsp3) is 0.214. The van der Waals surface area contributed by atoms with Gasteiger partial charge in [0.25, 0.3) is 0 Å². The molecule has 0 aromatic heterocycles. The van der Waals surface area contributed by atoms with Crippen LogP contribution in [-0.2, 0) is 6.42 Å². The summed E-state index contributed by atoms with van der Waals surface area (Å²) in [4.78, 5) is 0. The molecule has 17 heavy (non-hydrogen) atoms. The molecular formula is C14H14BrNO. The highest BCUT2D eigenvalue weighted by atomic mass is 79.9. The lowest BCUT2D eigenvalue weighted by atomic mass is 10.0. The van der Waals surface area contributed by atoms with Gasteiger partial charge < -0.3 is 5.21 Å². The molecule has 0 unspecified atom stereocenters. The van der Waals surface area contributed by atoms with Crippen LogP contribution < -0.4 is 0 Å². The fourth-order valence-corrected chi connectivity index (χ4v) is 2.60. The number of hydrogen-bond acceptors (Lipinski definition) is 2. The van der Waals surface area contributed by atoms with Crippen molar-refractivity contribution in [2.75, 3.05) is 0 Å². The van der Waals surface area contributed by atoms with E-state index in [1.807, 2.05) is 6.07 Å². The van der Waals surface area contributed by atoms with E-state index < -0.39 is 0 Å². The molecule has 0 saturated carbocycles. The SMILES string of the molecule is O/N=C/CCCc1ccc2ccccc2c1Br. The van der Waals surface area contributed by atoms with E-state index in [9.17, 15) is 0 Å². The molecular weight excluding hydrogens is 278 g/mol. The van der Waals surface area contributed by atoms with Gasteiger partial charge >= 0.3 is 0 Å². The van der Waals surface area contributed by atoms with E-state index in [1.165, 1.54) is 27.0 Å². The third kappa shape index (κ3) is 2.86. The lowest BCUT2D eigenvalue weighted by Crippen LogP contribution is -1.89. The summed E-state index contributed by atoms with van der Waals surface area (Å²) in [7, 11) is 0. The second kappa shape index (κ2) is 5.82. The van der Waals surface area contributed by atoms with Crippen molar-refractivity contribution < 1.29 is 5.21 Å². The number of unbranched alkanes of at least 4 members (excludes halogenated alkanes) is 1. The molecule has 0 aliphatic carbocycles. The van der Waals surface area contributed by atoms with Gasteiger partial charge in [-0.15, -0.1) is 5.16 Å². The molecule has 0 heterocycles. The number of aryl methyl sites for hydroxylation is 1. The number of rotatable bonds is 4. The Kier molecular flexibility index (Phi) is 4.15. The molecule has 0 saturated heterocycles. The summed E-state index contributed by atoms with van der Waals surface area (Å²) >= 11 is 3.67. The van der Waals surface area contributed by atoms with Crippen LogP contribution in [0.15, 0.2) is 46.0 Å². The molecule has 0 spiro atoms. The Morgan fingerprint density at radius 3 is 2.82 bits per heavy atom. The van der Waals surface area contributed by atoms with E-state index >= 15 is 0 Å². The minimum absolute atomic E-state index is 0.801. The zero-order valence-corrected chi connectivity index (χ0v) is 11.0. The van der Waals surface area contributed by atoms with Gasteiger partial charge in [-0.1, -0.05) is 36.4 Å². The average Bonchev–Trinajstić information content (AvgIpc) is 2.37. The largest absolute Gasteiger partial charge is 0.411 e. The van der Waals surface area contributed by atoms with Crippen molar-refractivity contribution in [2.45, 2.75) is 19.3 Å². The van der Waals surface area contributed by atoms with Gasteiger partial charge in [0.05, 0.1) is 0 Å². The van der Waals surface area contributed by atoms with Crippen LogP contribution in [0.5, 0.6) is 0 Å². The number of fused-ring (bicyclic) bond motifs is 1. The number of benzene rings is 2. The van der Waals surface area contributed by atoms with Crippen LogP contribution in [0.1, 0.15) is 18.4 Å². The van der Waals surface area contributed by atoms with Crippen LogP contribution in [-0.4, -0.2) is 11.4 Å². The van der Waals surface area contributed by atoms with Crippen LogP contribution in [0.3, 0.4) is 0 Å². The molecule has 2 aromatic carbocycles. The molecule has 0 radical (unpaired) electrons. The first-order valence-electron chi connectivity index (χ1n) is 5.65. The van der Waals surface area contributed by atoms with Crippen molar-refractivity contribution in [1.29, 1.82) is 0 Å². The minimum Gasteiger partial charge on any atom is -0.411 e. The summed E-state index contributed by atoms with van der Waals surface area (Å²) in [6.45, 7) is 0. The third-order valence-corrected chi connectivity index (χ3v) is 3.74. The van der Waals surface area contributed by atoms with E-state index in [1.54, 1.807) is 0 Å².